The van der Waals surface area contributed by atoms with Crippen LogP contribution in [0.15, 0.2) is 48.5 Å². The van der Waals surface area contributed by atoms with Crippen molar-refractivity contribution in [2.75, 3.05) is 0 Å². The summed E-state index contributed by atoms with van der Waals surface area (Å²) in [4.78, 5) is 0. The molecule has 2 nitrogen and oxygen atoms in total. The molecule has 2 aromatic rings. The molecule has 0 aliphatic carbocycles. The van der Waals surface area contributed by atoms with E-state index in [0.717, 1.165) is 0 Å². The maximum absolute atomic E-state index is 5.87. The highest BCUT2D eigenvalue weighted by molar-refractivity contribution is 5.42. The van der Waals surface area contributed by atoms with Crippen molar-refractivity contribution in [2.45, 2.75) is 39.2 Å². The fourth-order valence-electron chi connectivity index (χ4n) is 2.69. The van der Waals surface area contributed by atoms with Gasteiger partial charge in [0.25, 0.3) is 0 Å². The Morgan fingerprint density at radius 1 is 0.900 bits per heavy atom. The lowest BCUT2D eigenvalue weighted by atomic mass is 9.80. The van der Waals surface area contributed by atoms with Gasteiger partial charge in [0.05, 0.1) is 6.04 Å². The molecule has 1 atom stereocenters. The van der Waals surface area contributed by atoms with Gasteiger partial charge in [-0.25, -0.2) is 5.43 Å². The molecule has 0 fully saturated rings. The molecule has 106 valence electrons. The van der Waals surface area contributed by atoms with E-state index >= 15 is 0 Å². The summed E-state index contributed by atoms with van der Waals surface area (Å²) in [6, 6.07) is 16.9. The fraction of sp³-hybridized carbons (Fsp3) is 0.333. The monoisotopic (exact) mass is 268 g/mol. The largest absolute Gasteiger partial charge is 0.271 e. The minimum Gasteiger partial charge on any atom is -0.271 e. The Bertz CT molecular complexity index is 582. The Kier molecular flexibility index (Phi) is 4.26. The number of nitrogens with two attached hydrogens (primary N) is 1. The molecule has 0 bridgehead atoms. The minimum atomic E-state index is 0.0200. The summed E-state index contributed by atoms with van der Waals surface area (Å²) >= 11 is 0. The van der Waals surface area contributed by atoms with Gasteiger partial charge in [0.2, 0.25) is 0 Å². The molecule has 0 aliphatic rings. The van der Waals surface area contributed by atoms with Gasteiger partial charge in [-0.15, -0.1) is 0 Å². The molecule has 0 saturated carbocycles. The first-order chi connectivity index (χ1) is 9.45. The summed E-state index contributed by atoms with van der Waals surface area (Å²) in [5.41, 5.74) is 8.13. The van der Waals surface area contributed by atoms with E-state index in [9.17, 15) is 0 Å². The quantitative estimate of drug-likeness (QED) is 0.655. The van der Waals surface area contributed by atoms with Crippen molar-refractivity contribution in [3.63, 3.8) is 0 Å². The molecule has 0 aliphatic heterocycles. The molecule has 3 N–H and O–H groups in total. The molecule has 2 rings (SSSR count). The van der Waals surface area contributed by atoms with Crippen molar-refractivity contribution < 1.29 is 0 Å². The van der Waals surface area contributed by atoms with Gasteiger partial charge in [-0.05, 0) is 34.6 Å². The average Bonchev–Trinajstić information content (AvgIpc) is 2.41. The van der Waals surface area contributed by atoms with Gasteiger partial charge in [-0.2, -0.15) is 0 Å². The minimum absolute atomic E-state index is 0.0200. The zero-order chi connectivity index (χ0) is 14.8. The highest BCUT2D eigenvalue weighted by Crippen LogP contribution is 2.33. The number of benzene rings is 2. The number of hydrogen-bond acceptors (Lipinski definition) is 2. The first-order valence-electron chi connectivity index (χ1n) is 7.06. The van der Waals surface area contributed by atoms with Crippen LogP contribution in [-0.2, 0) is 5.41 Å². The van der Waals surface area contributed by atoms with Crippen LogP contribution in [0.2, 0.25) is 0 Å². The van der Waals surface area contributed by atoms with E-state index in [1.807, 2.05) is 0 Å². The molecule has 2 aromatic carbocycles. The second kappa shape index (κ2) is 5.78. The van der Waals surface area contributed by atoms with Crippen molar-refractivity contribution in [2.24, 2.45) is 5.84 Å². The summed E-state index contributed by atoms with van der Waals surface area (Å²) in [5.74, 6) is 5.87. The Morgan fingerprint density at radius 3 is 2.00 bits per heavy atom. The Hall–Kier alpha value is -1.64. The first-order valence-corrected chi connectivity index (χ1v) is 7.06. The molecule has 0 heterocycles. The Labute approximate surface area is 122 Å². The zero-order valence-electron chi connectivity index (χ0n) is 12.8. The van der Waals surface area contributed by atoms with Crippen LogP contribution in [-0.4, -0.2) is 0 Å². The SMILES string of the molecule is Cc1ccccc1C(NN)c1ccccc1C(C)(C)C. The second-order valence-corrected chi connectivity index (χ2v) is 6.29. The summed E-state index contributed by atoms with van der Waals surface area (Å²) in [6.07, 6.45) is 0. The Morgan fingerprint density at radius 2 is 1.45 bits per heavy atom. The highest BCUT2D eigenvalue weighted by Gasteiger charge is 2.23. The number of aryl methyl sites for hydroxylation is 1. The molecule has 0 aromatic heterocycles. The lowest BCUT2D eigenvalue weighted by Crippen LogP contribution is -2.31. The van der Waals surface area contributed by atoms with E-state index in [1.54, 1.807) is 0 Å². The summed E-state index contributed by atoms with van der Waals surface area (Å²) in [5, 5.41) is 0. The van der Waals surface area contributed by atoms with Gasteiger partial charge in [0.15, 0.2) is 0 Å². The van der Waals surface area contributed by atoms with E-state index < -0.39 is 0 Å². The van der Waals surface area contributed by atoms with Crippen LogP contribution in [0.1, 0.15) is 49.1 Å². The van der Waals surface area contributed by atoms with Crippen molar-refractivity contribution in [3.8, 4) is 0 Å². The lowest BCUT2D eigenvalue weighted by molar-refractivity contribution is 0.557. The summed E-state index contributed by atoms with van der Waals surface area (Å²) < 4.78 is 0. The van der Waals surface area contributed by atoms with Gasteiger partial charge in [0.1, 0.15) is 0 Å². The van der Waals surface area contributed by atoms with Gasteiger partial charge in [-0.1, -0.05) is 69.3 Å². The standard InChI is InChI=1S/C18H24N2/c1-13-9-5-6-10-14(13)17(20-19)15-11-7-8-12-16(15)18(2,3)4/h5-12,17,20H,19H2,1-4H3. The molecule has 0 spiro atoms. The molecular weight excluding hydrogens is 244 g/mol. The van der Waals surface area contributed by atoms with E-state index in [0.29, 0.717) is 0 Å². The fourth-order valence-corrected chi connectivity index (χ4v) is 2.69. The van der Waals surface area contributed by atoms with Gasteiger partial charge in [0, 0.05) is 0 Å². The van der Waals surface area contributed by atoms with Crippen molar-refractivity contribution in [3.05, 3.63) is 70.8 Å². The maximum atomic E-state index is 5.87. The maximum Gasteiger partial charge on any atom is 0.0715 e. The molecule has 0 radical (unpaired) electrons. The smallest absolute Gasteiger partial charge is 0.0715 e. The van der Waals surface area contributed by atoms with Crippen LogP contribution in [0, 0.1) is 6.92 Å². The molecule has 0 saturated heterocycles. The van der Waals surface area contributed by atoms with Gasteiger partial charge in [-0.3, -0.25) is 5.84 Å². The zero-order valence-corrected chi connectivity index (χ0v) is 12.8. The third kappa shape index (κ3) is 2.92. The topological polar surface area (TPSA) is 38.0 Å². The van der Waals surface area contributed by atoms with Crippen molar-refractivity contribution >= 4 is 0 Å². The summed E-state index contributed by atoms with van der Waals surface area (Å²) in [7, 11) is 0. The second-order valence-electron chi connectivity index (χ2n) is 6.29. The molecular formula is C18H24N2. The van der Waals surface area contributed by atoms with Crippen molar-refractivity contribution in [1.29, 1.82) is 0 Å². The third-order valence-corrected chi connectivity index (χ3v) is 3.75. The van der Waals surface area contributed by atoms with Crippen LogP contribution >= 0.6 is 0 Å². The Balaban J connectivity index is 2.57. The number of hydrogen-bond donors (Lipinski definition) is 2. The van der Waals surface area contributed by atoms with E-state index in [4.69, 9.17) is 5.84 Å². The normalized spacial score (nSPS) is 13.2. The molecule has 0 amide bonds. The predicted molar refractivity (Wildman–Crippen MR) is 85.5 cm³/mol. The molecule has 20 heavy (non-hydrogen) atoms. The number of hydrazine groups is 1. The van der Waals surface area contributed by atoms with Crippen LogP contribution < -0.4 is 11.3 Å². The van der Waals surface area contributed by atoms with E-state index in [-0.39, 0.29) is 11.5 Å². The third-order valence-electron chi connectivity index (χ3n) is 3.75. The van der Waals surface area contributed by atoms with Crippen LogP contribution in [0.4, 0.5) is 0 Å². The average molecular weight is 268 g/mol. The van der Waals surface area contributed by atoms with Crippen molar-refractivity contribution in [1.82, 2.24) is 5.43 Å². The van der Waals surface area contributed by atoms with E-state index in [2.05, 4.69) is 81.7 Å². The molecule has 2 heteroatoms. The van der Waals surface area contributed by atoms with Crippen LogP contribution in [0.5, 0.6) is 0 Å². The molecule has 1 unspecified atom stereocenters. The lowest BCUT2D eigenvalue weighted by Gasteiger charge is -2.28. The van der Waals surface area contributed by atoms with E-state index in [1.165, 1.54) is 22.3 Å². The number of rotatable bonds is 3. The van der Waals surface area contributed by atoms with Gasteiger partial charge >= 0.3 is 0 Å². The van der Waals surface area contributed by atoms with Crippen LogP contribution in [0.3, 0.4) is 0 Å². The highest BCUT2D eigenvalue weighted by atomic mass is 15.2. The number of nitrogens with one attached hydrogen (secondary N) is 1. The van der Waals surface area contributed by atoms with Crippen LogP contribution in [0.25, 0.3) is 0 Å². The summed E-state index contributed by atoms with van der Waals surface area (Å²) in [6.45, 7) is 8.82. The first kappa shape index (κ1) is 14.8. The van der Waals surface area contributed by atoms with Gasteiger partial charge < -0.3 is 0 Å². The predicted octanol–water partition coefficient (Wildman–Crippen LogP) is 3.85.